The van der Waals surface area contributed by atoms with E-state index < -0.39 is 5.91 Å². The molecule has 0 atom stereocenters. The van der Waals surface area contributed by atoms with Crippen molar-refractivity contribution in [1.82, 2.24) is 9.88 Å². The summed E-state index contributed by atoms with van der Waals surface area (Å²) in [4.78, 5) is 29.4. The predicted molar refractivity (Wildman–Crippen MR) is 104 cm³/mol. The number of hydrogen-bond donors (Lipinski definition) is 1. The first-order chi connectivity index (χ1) is 13.6. The number of thiazole rings is 1. The molecule has 0 bridgehead atoms. The van der Waals surface area contributed by atoms with Gasteiger partial charge in [0.2, 0.25) is 5.91 Å². The molecule has 1 aromatic carbocycles. The van der Waals surface area contributed by atoms with Crippen molar-refractivity contribution >= 4 is 33.4 Å². The summed E-state index contributed by atoms with van der Waals surface area (Å²) in [5.74, 6) is 0.131. The van der Waals surface area contributed by atoms with Crippen LogP contribution < -0.4 is 10.1 Å². The number of benzene rings is 1. The lowest BCUT2D eigenvalue weighted by atomic mass is 10.2. The van der Waals surface area contributed by atoms with Crippen molar-refractivity contribution < 1.29 is 18.4 Å². The summed E-state index contributed by atoms with van der Waals surface area (Å²) in [7, 11) is 0. The molecule has 3 heterocycles. The van der Waals surface area contributed by atoms with Gasteiger partial charge in [-0.15, -0.1) is 0 Å². The molecule has 0 aliphatic heterocycles. The molecule has 0 spiro atoms. The first kappa shape index (κ1) is 18.0. The average molecular weight is 395 g/mol. The molecule has 2 amide bonds. The molecular formula is C20H17N3O4S. The molecular weight excluding hydrogens is 378 g/mol. The molecule has 0 radical (unpaired) electrons. The van der Waals surface area contributed by atoms with Crippen molar-refractivity contribution in [2.24, 2.45) is 4.99 Å². The average Bonchev–Trinajstić information content (AvgIpc) is 3.42. The van der Waals surface area contributed by atoms with Crippen molar-refractivity contribution in [2.75, 3.05) is 0 Å². The zero-order valence-corrected chi connectivity index (χ0v) is 15.9. The lowest BCUT2D eigenvalue weighted by molar-refractivity contribution is -0.121. The fourth-order valence-electron chi connectivity index (χ4n) is 2.76. The van der Waals surface area contributed by atoms with Gasteiger partial charge in [0.25, 0.3) is 0 Å². The van der Waals surface area contributed by atoms with Crippen LogP contribution in [0.4, 0.5) is 0 Å². The van der Waals surface area contributed by atoms with Gasteiger partial charge < -0.3 is 18.7 Å². The summed E-state index contributed by atoms with van der Waals surface area (Å²) in [6.45, 7) is 2.32. The van der Waals surface area contributed by atoms with Gasteiger partial charge in [0, 0.05) is 0 Å². The van der Waals surface area contributed by atoms with Crippen LogP contribution in [0.1, 0.15) is 21.9 Å². The summed E-state index contributed by atoms with van der Waals surface area (Å²) in [6.07, 6.45) is 2.98. The van der Waals surface area contributed by atoms with Gasteiger partial charge in [-0.25, -0.2) is 0 Å². The fraction of sp³-hybridized carbons (Fsp3) is 0.150. The largest absolute Gasteiger partial charge is 0.467 e. The minimum absolute atomic E-state index is 0.0358. The lowest BCUT2D eigenvalue weighted by Crippen LogP contribution is -2.30. The van der Waals surface area contributed by atoms with Gasteiger partial charge in [-0.3, -0.25) is 9.59 Å². The van der Waals surface area contributed by atoms with Crippen LogP contribution in [-0.2, 0) is 17.9 Å². The Labute approximate surface area is 163 Å². The third-order valence-electron chi connectivity index (χ3n) is 4.11. The van der Waals surface area contributed by atoms with E-state index in [0.717, 1.165) is 15.8 Å². The number of carbonyl (C=O) groups excluding carboxylic acids is 2. The second kappa shape index (κ2) is 7.69. The standard InChI is InChI=1S/C20H17N3O4S/c1-13-6-7-15-17(10-13)28-20(22-19(25)16-5-3-9-27-16)23(15)12-18(24)21-11-14-4-2-8-26-14/h2-10H,11-12H2,1H3,(H,21,24). The molecule has 3 aromatic heterocycles. The van der Waals surface area contributed by atoms with Gasteiger partial charge >= 0.3 is 5.91 Å². The van der Waals surface area contributed by atoms with E-state index in [-0.39, 0.29) is 18.2 Å². The molecule has 28 heavy (non-hydrogen) atoms. The number of furan rings is 2. The van der Waals surface area contributed by atoms with Crippen LogP contribution in [0.15, 0.2) is 68.8 Å². The predicted octanol–water partition coefficient (Wildman–Crippen LogP) is 3.25. The number of nitrogens with one attached hydrogen (secondary N) is 1. The molecule has 4 rings (SSSR count). The molecule has 4 aromatic rings. The molecule has 0 unspecified atom stereocenters. The molecule has 8 heteroatoms. The van der Waals surface area contributed by atoms with Gasteiger partial charge in [-0.1, -0.05) is 17.4 Å². The number of nitrogens with zero attached hydrogens (tertiary/aromatic N) is 2. The minimum atomic E-state index is -0.488. The zero-order chi connectivity index (χ0) is 19.5. The van der Waals surface area contributed by atoms with E-state index in [4.69, 9.17) is 8.83 Å². The Morgan fingerprint density at radius 1 is 1.14 bits per heavy atom. The quantitative estimate of drug-likeness (QED) is 0.562. The van der Waals surface area contributed by atoms with Crippen molar-refractivity contribution in [1.29, 1.82) is 0 Å². The second-order valence-electron chi connectivity index (χ2n) is 6.19. The summed E-state index contributed by atoms with van der Waals surface area (Å²) >= 11 is 1.36. The molecule has 1 N–H and O–H groups in total. The van der Waals surface area contributed by atoms with Gasteiger partial charge in [0.15, 0.2) is 10.6 Å². The Morgan fingerprint density at radius 3 is 2.71 bits per heavy atom. The van der Waals surface area contributed by atoms with Crippen LogP contribution >= 0.6 is 11.3 Å². The molecule has 0 fully saturated rings. The van der Waals surface area contributed by atoms with E-state index >= 15 is 0 Å². The van der Waals surface area contributed by atoms with Crippen LogP contribution in [0.25, 0.3) is 10.2 Å². The summed E-state index contributed by atoms with van der Waals surface area (Å²) < 4.78 is 13.0. The Bertz CT molecular complexity index is 1180. The van der Waals surface area contributed by atoms with Crippen LogP contribution in [0.3, 0.4) is 0 Å². The summed E-state index contributed by atoms with van der Waals surface area (Å²) in [5, 5.41) is 2.81. The van der Waals surface area contributed by atoms with Crippen LogP contribution in [0.2, 0.25) is 0 Å². The SMILES string of the molecule is Cc1ccc2c(c1)sc(=NC(=O)c1ccco1)n2CC(=O)NCc1ccco1. The second-order valence-corrected chi connectivity index (χ2v) is 7.20. The van der Waals surface area contributed by atoms with Crippen LogP contribution in [0.5, 0.6) is 0 Å². The monoisotopic (exact) mass is 395 g/mol. The molecule has 0 aliphatic rings. The molecule has 7 nitrogen and oxygen atoms in total. The molecule has 0 aliphatic carbocycles. The van der Waals surface area contributed by atoms with Crippen molar-refractivity contribution in [3.05, 3.63) is 76.9 Å². The van der Waals surface area contributed by atoms with Gasteiger partial charge in [0.05, 0.1) is 29.3 Å². The first-order valence-corrected chi connectivity index (χ1v) is 9.43. The number of amides is 2. The molecule has 0 saturated carbocycles. The van der Waals surface area contributed by atoms with Crippen molar-refractivity contribution in [3.8, 4) is 0 Å². The van der Waals surface area contributed by atoms with Gasteiger partial charge in [-0.2, -0.15) is 4.99 Å². The van der Waals surface area contributed by atoms with Gasteiger partial charge in [0.1, 0.15) is 12.3 Å². The Kier molecular flexibility index (Phi) is 4.94. The van der Waals surface area contributed by atoms with E-state index in [1.54, 1.807) is 35.1 Å². The Hall–Kier alpha value is -3.39. The number of aromatic nitrogens is 1. The maximum Gasteiger partial charge on any atom is 0.315 e. The molecule has 0 saturated heterocycles. The maximum absolute atomic E-state index is 12.5. The highest BCUT2D eigenvalue weighted by molar-refractivity contribution is 7.16. The van der Waals surface area contributed by atoms with E-state index in [1.807, 2.05) is 25.1 Å². The summed E-state index contributed by atoms with van der Waals surface area (Å²) in [5.41, 5.74) is 1.93. The third-order valence-corrected chi connectivity index (χ3v) is 5.15. The number of rotatable bonds is 5. The highest BCUT2D eigenvalue weighted by Gasteiger charge is 2.13. The van der Waals surface area contributed by atoms with Crippen molar-refractivity contribution in [2.45, 2.75) is 20.0 Å². The number of hydrogen-bond acceptors (Lipinski definition) is 5. The number of aryl methyl sites for hydroxylation is 1. The molecule has 142 valence electrons. The lowest BCUT2D eigenvalue weighted by Gasteiger charge is -2.06. The van der Waals surface area contributed by atoms with Crippen molar-refractivity contribution in [3.63, 3.8) is 0 Å². The maximum atomic E-state index is 12.5. The smallest absolute Gasteiger partial charge is 0.315 e. The van der Waals surface area contributed by atoms with Gasteiger partial charge in [-0.05, 0) is 48.9 Å². The summed E-state index contributed by atoms with van der Waals surface area (Å²) in [6, 6.07) is 12.6. The number of fused-ring (bicyclic) bond motifs is 1. The Morgan fingerprint density at radius 2 is 1.96 bits per heavy atom. The first-order valence-electron chi connectivity index (χ1n) is 8.62. The highest BCUT2D eigenvalue weighted by atomic mass is 32.1. The zero-order valence-electron chi connectivity index (χ0n) is 15.0. The van der Waals surface area contributed by atoms with E-state index in [2.05, 4.69) is 10.3 Å². The normalized spacial score (nSPS) is 11.8. The van der Waals surface area contributed by atoms with Crippen LogP contribution in [0, 0.1) is 6.92 Å². The third kappa shape index (κ3) is 3.81. The van der Waals surface area contributed by atoms with E-state index in [9.17, 15) is 9.59 Å². The topological polar surface area (TPSA) is 89.7 Å². The van der Waals surface area contributed by atoms with E-state index in [0.29, 0.717) is 17.1 Å². The van der Waals surface area contributed by atoms with E-state index in [1.165, 1.54) is 17.6 Å². The number of carbonyl (C=O) groups is 2. The fourth-order valence-corrected chi connectivity index (χ4v) is 3.89. The Balaban J connectivity index is 1.66. The minimum Gasteiger partial charge on any atom is -0.467 e. The van der Waals surface area contributed by atoms with Crippen LogP contribution in [-0.4, -0.2) is 16.4 Å². The highest BCUT2D eigenvalue weighted by Crippen LogP contribution is 2.19.